The third-order valence-corrected chi connectivity index (χ3v) is 1.88. The minimum absolute atomic E-state index is 0. The van der Waals surface area contributed by atoms with Crippen molar-refractivity contribution in [2.24, 2.45) is 5.73 Å². The number of aromatic nitrogens is 3. The van der Waals surface area contributed by atoms with Gasteiger partial charge < -0.3 is 10.3 Å². The third kappa shape index (κ3) is 3.01. The highest BCUT2D eigenvalue weighted by Gasteiger charge is 2.09. The van der Waals surface area contributed by atoms with Gasteiger partial charge in [0.05, 0.1) is 0 Å². The van der Waals surface area contributed by atoms with Gasteiger partial charge in [-0.15, -0.1) is 12.4 Å². The normalized spacial score (nSPS) is 11.9. The summed E-state index contributed by atoms with van der Waals surface area (Å²) in [5.74, 6) is 1.11. The van der Waals surface area contributed by atoms with Crippen molar-refractivity contribution < 1.29 is 4.52 Å². The molecule has 86 valence electrons. The molecule has 5 nitrogen and oxygen atoms in total. The summed E-state index contributed by atoms with van der Waals surface area (Å²) in [7, 11) is 0. The van der Waals surface area contributed by atoms with Crippen LogP contribution >= 0.6 is 12.4 Å². The molecule has 0 saturated heterocycles. The molecule has 0 aromatic carbocycles. The van der Waals surface area contributed by atoms with E-state index in [-0.39, 0.29) is 18.4 Å². The number of hydrogen-bond donors (Lipinski definition) is 1. The van der Waals surface area contributed by atoms with E-state index >= 15 is 0 Å². The van der Waals surface area contributed by atoms with Crippen molar-refractivity contribution in [3.63, 3.8) is 0 Å². The van der Waals surface area contributed by atoms with Gasteiger partial charge in [0.2, 0.25) is 11.7 Å². The highest BCUT2D eigenvalue weighted by molar-refractivity contribution is 5.85. The van der Waals surface area contributed by atoms with Crippen molar-refractivity contribution in [2.75, 3.05) is 0 Å². The fourth-order valence-corrected chi connectivity index (χ4v) is 1.23. The molecule has 0 bridgehead atoms. The molecule has 0 aliphatic heterocycles. The van der Waals surface area contributed by atoms with Crippen LogP contribution in [0.4, 0.5) is 0 Å². The molecule has 0 aliphatic carbocycles. The van der Waals surface area contributed by atoms with E-state index in [0.29, 0.717) is 18.1 Å². The second-order valence-corrected chi connectivity index (χ2v) is 3.43. The van der Waals surface area contributed by atoms with Gasteiger partial charge in [-0.05, 0) is 19.1 Å². The second-order valence-electron chi connectivity index (χ2n) is 3.43. The van der Waals surface area contributed by atoms with Crippen molar-refractivity contribution in [3.8, 4) is 11.4 Å². The summed E-state index contributed by atoms with van der Waals surface area (Å²) in [6.45, 7) is 1.90. The van der Waals surface area contributed by atoms with Gasteiger partial charge in [-0.2, -0.15) is 4.98 Å². The Bertz CT molecular complexity index is 429. The van der Waals surface area contributed by atoms with Crippen molar-refractivity contribution >= 4 is 12.4 Å². The lowest BCUT2D eigenvalue weighted by Gasteiger charge is -1.96. The third-order valence-electron chi connectivity index (χ3n) is 1.88. The van der Waals surface area contributed by atoms with Gasteiger partial charge in [-0.1, -0.05) is 5.16 Å². The zero-order valence-electron chi connectivity index (χ0n) is 8.83. The number of nitrogens with zero attached hydrogens (tertiary/aromatic N) is 3. The maximum Gasteiger partial charge on any atom is 0.228 e. The quantitative estimate of drug-likeness (QED) is 0.879. The Morgan fingerprint density at radius 3 is 2.94 bits per heavy atom. The lowest BCUT2D eigenvalue weighted by molar-refractivity contribution is 0.372. The van der Waals surface area contributed by atoms with Crippen molar-refractivity contribution in [1.82, 2.24) is 15.1 Å². The number of hydrogen-bond acceptors (Lipinski definition) is 5. The Kier molecular flexibility index (Phi) is 4.39. The first-order chi connectivity index (χ1) is 7.25. The van der Waals surface area contributed by atoms with Crippen LogP contribution < -0.4 is 5.73 Å². The molecule has 1 unspecified atom stereocenters. The van der Waals surface area contributed by atoms with Crippen LogP contribution in [0.2, 0.25) is 0 Å². The molecular weight excluding hydrogens is 228 g/mol. The molecule has 0 aliphatic rings. The molecule has 16 heavy (non-hydrogen) atoms. The van der Waals surface area contributed by atoms with Gasteiger partial charge in [0.25, 0.3) is 0 Å². The summed E-state index contributed by atoms with van der Waals surface area (Å²) in [6.07, 6.45) is 3.99. The number of halogens is 1. The van der Waals surface area contributed by atoms with Crippen molar-refractivity contribution in [2.45, 2.75) is 19.4 Å². The van der Waals surface area contributed by atoms with Gasteiger partial charge in [0.15, 0.2) is 0 Å². The highest BCUT2D eigenvalue weighted by Crippen LogP contribution is 2.13. The molecule has 0 radical (unpaired) electrons. The Morgan fingerprint density at radius 2 is 2.31 bits per heavy atom. The zero-order valence-corrected chi connectivity index (χ0v) is 9.65. The predicted octanol–water partition coefficient (Wildman–Crippen LogP) is 1.44. The molecular formula is C10H13ClN4O. The average Bonchev–Trinajstić information content (AvgIpc) is 2.67. The van der Waals surface area contributed by atoms with E-state index in [1.807, 2.05) is 19.1 Å². The largest absolute Gasteiger partial charge is 0.339 e. The molecule has 0 saturated carbocycles. The molecule has 2 aromatic rings. The Hall–Kier alpha value is -1.46. The minimum Gasteiger partial charge on any atom is -0.339 e. The van der Waals surface area contributed by atoms with E-state index in [9.17, 15) is 0 Å². The summed E-state index contributed by atoms with van der Waals surface area (Å²) in [6, 6.07) is 3.73. The van der Waals surface area contributed by atoms with Crippen LogP contribution in [0, 0.1) is 0 Å². The van der Waals surface area contributed by atoms with E-state index < -0.39 is 0 Å². The van der Waals surface area contributed by atoms with E-state index in [4.69, 9.17) is 10.3 Å². The van der Waals surface area contributed by atoms with Gasteiger partial charge in [0.1, 0.15) is 0 Å². The van der Waals surface area contributed by atoms with Crippen molar-refractivity contribution in [1.29, 1.82) is 0 Å². The van der Waals surface area contributed by atoms with E-state index in [2.05, 4.69) is 15.1 Å². The Morgan fingerprint density at radius 1 is 1.50 bits per heavy atom. The highest BCUT2D eigenvalue weighted by atomic mass is 35.5. The van der Waals surface area contributed by atoms with E-state index in [0.717, 1.165) is 5.56 Å². The molecule has 0 spiro atoms. The standard InChI is InChI=1S/C10H12N4O.ClH/c1-7(11)5-9-13-10(14-15-9)8-3-2-4-12-6-8;/h2-4,6-7H,5,11H2,1H3;1H. The molecule has 1 atom stereocenters. The topological polar surface area (TPSA) is 77.8 Å². The zero-order chi connectivity index (χ0) is 10.7. The summed E-state index contributed by atoms with van der Waals surface area (Å²) in [5.41, 5.74) is 6.48. The van der Waals surface area contributed by atoms with E-state index in [1.165, 1.54) is 0 Å². The molecule has 0 amide bonds. The summed E-state index contributed by atoms with van der Waals surface area (Å²) in [4.78, 5) is 8.21. The molecule has 2 N–H and O–H groups in total. The second kappa shape index (κ2) is 5.58. The van der Waals surface area contributed by atoms with Gasteiger partial charge in [-0.25, -0.2) is 0 Å². The minimum atomic E-state index is 0. The van der Waals surface area contributed by atoms with E-state index in [1.54, 1.807) is 12.4 Å². The molecule has 6 heteroatoms. The lowest BCUT2D eigenvalue weighted by atomic mass is 10.2. The Labute approximate surface area is 99.5 Å². The van der Waals surface area contributed by atoms with Crippen LogP contribution in [0.1, 0.15) is 12.8 Å². The molecule has 2 rings (SSSR count). The molecule has 2 heterocycles. The summed E-state index contributed by atoms with van der Waals surface area (Å²) >= 11 is 0. The number of pyridine rings is 1. The maximum atomic E-state index is 5.63. The fraction of sp³-hybridized carbons (Fsp3) is 0.300. The fourth-order valence-electron chi connectivity index (χ4n) is 1.23. The van der Waals surface area contributed by atoms with Crippen LogP contribution in [0.25, 0.3) is 11.4 Å². The number of rotatable bonds is 3. The summed E-state index contributed by atoms with van der Waals surface area (Å²) in [5, 5.41) is 3.86. The first kappa shape index (κ1) is 12.6. The SMILES string of the molecule is CC(N)Cc1nc(-c2cccnc2)no1.Cl. The maximum absolute atomic E-state index is 5.63. The van der Waals surface area contributed by atoms with Crippen LogP contribution in [-0.4, -0.2) is 21.2 Å². The average molecular weight is 241 g/mol. The lowest BCUT2D eigenvalue weighted by Crippen LogP contribution is -2.17. The first-order valence-electron chi connectivity index (χ1n) is 4.74. The van der Waals surface area contributed by atoms with Crippen LogP contribution in [0.3, 0.4) is 0 Å². The van der Waals surface area contributed by atoms with Gasteiger partial charge in [0, 0.05) is 30.4 Å². The first-order valence-corrected chi connectivity index (χ1v) is 4.74. The molecule has 0 fully saturated rings. The van der Waals surface area contributed by atoms with Gasteiger partial charge in [-0.3, -0.25) is 4.98 Å². The van der Waals surface area contributed by atoms with Crippen LogP contribution in [0.15, 0.2) is 29.0 Å². The number of nitrogens with two attached hydrogens (primary N) is 1. The predicted molar refractivity (Wildman–Crippen MR) is 62.1 cm³/mol. The van der Waals surface area contributed by atoms with Gasteiger partial charge >= 0.3 is 0 Å². The smallest absolute Gasteiger partial charge is 0.228 e. The van der Waals surface area contributed by atoms with Crippen LogP contribution in [-0.2, 0) is 6.42 Å². The van der Waals surface area contributed by atoms with Crippen molar-refractivity contribution in [3.05, 3.63) is 30.4 Å². The molecule has 2 aromatic heterocycles. The summed E-state index contributed by atoms with van der Waals surface area (Å²) < 4.78 is 5.06. The monoisotopic (exact) mass is 240 g/mol. The Balaban J connectivity index is 0.00000128. The van der Waals surface area contributed by atoms with Crippen LogP contribution in [0.5, 0.6) is 0 Å².